The van der Waals surface area contributed by atoms with Gasteiger partial charge in [-0.3, -0.25) is 4.79 Å². The van der Waals surface area contributed by atoms with Crippen molar-refractivity contribution in [3.63, 3.8) is 0 Å². The van der Waals surface area contributed by atoms with Crippen LogP contribution in [-0.2, 0) is 14.3 Å². The van der Waals surface area contributed by atoms with Gasteiger partial charge < -0.3 is 24.6 Å². The minimum atomic E-state index is -0.0612. The molecule has 0 spiro atoms. The number of nitrogens with one attached hydrogen (secondary N) is 1. The first-order chi connectivity index (χ1) is 10.5. The van der Waals surface area contributed by atoms with Gasteiger partial charge in [-0.15, -0.1) is 0 Å². The monoisotopic (exact) mass is 313 g/mol. The summed E-state index contributed by atoms with van der Waals surface area (Å²) in [7, 11) is 3.49. The van der Waals surface area contributed by atoms with Gasteiger partial charge in [-0.1, -0.05) is 0 Å². The van der Waals surface area contributed by atoms with Crippen LogP contribution in [0, 0.1) is 5.92 Å². The summed E-state index contributed by atoms with van der Waals surface area (Å²) in [4.78, 5) is 27.6. The van der Waals surface area contributed by atoms with Gasteiger partial charge >= 0.3 is 6.03 Å². The Bertz CT molecular complexity index is 394. The van der Waals surface area contributed by atoms with Crippen LogP contribution in [0.4, 0.5) is 4.79 Å². The lowest BCUT2D eigenvalue weighted by Crippen LogP contribution is -2.50. The lowest BCUT2D eigenvalue weighted by molar-refractivity contribution is -0.127. The molecule has 2 rings (SSSR count). The molecule has 2 fully saturated rings. The lowest BCUT2D eigenvalue weighted by Gasteiger charge is -2.33. The number of amides is 3. The van der Waals surface area contributed by atoms with Crippen LogP contribution in [0.15, 0.2) is 0 Å². The third kappa shape index (κ3) is 4.10. The number of ether oxygens (including phenoxy) is 2. The highest BCUT2D eigenvalue weighted by Gasteiger charge is 2.33. The van der Waals surface area contributed by atoms with E-state index >= 15 is 0 Å². The number of likely N-dealkylation sites (tertiary alicyclic amines) is 1. The zero-order chi connectivity index (χ0) is 16.1. The first-order valence-electron chi connectivity index (χ1n) is 7.98. The van der Waals surface area contributed by atoms with E-state index in [1.165, 1.54) is 0 Å². The molecule has 2 heterocycles. The van der Waals surface area contributed by atoms with Crippen LogP contribution in [0.5, 0.6) is 0 Å². The predicted molar refractivity (Wildman–Crippen MR) is 81.5 cm³/mol. The van der Waals surface area contributed by atoms with Gasteiger partial charge in [0.2, 0.25) is 5.91 Å². The summed E-state index contributed by atoms with van der Waals surface area (Å²) in [5.74, 6) is 0.0197. The van der Waals surface area contributed by atoms with E-state index in [0.717, 1.165) is 0 Å². The molecule has 0 aliphatic carbocycles. The van der Waals surface area contributed by atoms with Crippen molar-refractivity contribution in [3.05, 3.63) is 0 Å². The summed E-state index contributed by atoms with van der Waals surface area (Å²) in [6.07, 6.45) is 1.36. The maximum absolute atomic E-state index is 12.4. The Morgan fingerprint density at radius 3 is 2.55 bits per heavy atom. The van der Waals surface area contributed by atoms with Gasteiger partial charge in [0.15, 0.2) is 0 Å². The summed E-state index contributed by atoms with van der Waals surface area (Å²) in [6, 6.07) is -0.0478. The number of carbonyl (C=O) groups is 2. The number of rotatable bonds is 4. The Balaban J connectivity index is 1.79. The molecule has 126 valence electrons. The number of urea groups is 1. The molecule has 0 bridgehead atoms. The van der Waals surface area contributed by atoms with Crippen molar-refractivity contribution in [1.29, 1.82) is 0 Å². The Morgan fingerprint density at radius 1 is 1.27 bits per heavy atom. The van der Waals surface area contributed by atoms with E-state index in [9.17, 15) is 9.59 Å². The summed E-state index contributed by atoms with van der Waals surface area (Å²) in [6.45, 7) is 4.86. The molecule has 7 heteroatoms. The Hall–Kier alpha value is -1.34. The molecule has 0 aromatic rings. The molecule has 2 atom stereocenters. The van der Waals surface area contributed by atoms with E-state index in [0.29, 0.717) is 45.8 Å². The maximum Gasteiger partial charge on any atom is 0.319 e. The number of carbonyl (C=O) groups excluding carboxylic acids is 2. The van der Waals surface area contributed by atoms with Crippen LogP contribution in [0.3, 0.4) is 0 Å². The number of nitrogens with zero attached hydrogens (tertiary/aromatic N) is 2. The van der Waals surface area contributed by atoms with Crippen molar-refractivity contribution in [3.8, 4) is 0 Å². The summed E-state index contributed by atoms with van der Waals surface area (Å²) >= 11 is 0. The van der Waals surface area contributed by atoms with E-state index in [1.54, 1.807) is 23.9 Å². The normalized spacial score (nSPS) is 26.0. The second-order valence-electron chi connectivity index (χ2n) is 6.08. The van der Waals surface area contributed by atoms with Gasteiger partial charge in [0.05, 0.1) is 19.3 Å². The lowest BCUT2D eigenvalue weighted by atomic mass is 9.95. The summed E-state index contributed by atoms with van der Waals surface area (Å²) < 4.78 is 11.0. The fraction of sp³-hybridized carbons (Fsp3) is 0.867. The van der Waals surface area contributed by atoms with Crippen LogP contribution in [0.2, 0.25) is 0 Å². The van der Waals surface area contributed by atoms with Crippen molar-refractivity contribution in [1.82, 2.24) is 15.1 Å². The molecule has 0 aromatic carbocycles. The molecule has 1 N–H and O–H groups in total. The standard InChI is InChI=1S/C15H27N3O4/c1-4-22-13-10-21-9-12(13)16-14(19)11-5-7-18(8-6-11)15(20)17(2)3/h11-13H,4-10H2,1-3H3,(H,16,19)/t12-,13-/m0/s1. The van der Waals surface area contributed by atoms with Crippen molar-refractivity contribution in [2.45, 2.75) is 31.9 Å². The average Bonchev–Trinajstić information content (AvgIpc) is 2.94. The number of hydrogen-bond donors (Lipinski definition) is 1. The third-order valence-corrected chi connectivity index (χ3v) is 4.26. The van der Waals surface area contributed by atoms with Crippen molar-refractivity contribution in [2.24, 2.45) is 5.92 Å². The van der Waals surface area contributed by atoms with Gasteiger partial charge in [0.25, 0.3) is 0 Å². The fourth-order valence-corrected chi connectivity index (χ4v) is 2.96. The van der Waals surface area contributed by atoms with Crippen LogP contribution in [-0.4, -0.2) is 80.9 Å². The Labute approximate surface area is 131 Å². The second kappa shape index (κ2) is 7.78. The van der Waals surface area contributed by atoms with Gasteiger partial charge in [-0.05, 0) is 19.8 Å². The highest BCUT2D eigenvalue weighted by molar-refractivity contribution is 5.80. The number of piperidine rings is 1. The highest BCUT2D eigenvalue weighted by Crippen LogP contribution is 2.19. The topological polar surface area (TPSA) is 71.1 Å². The van der Waals surface area contributed by atoms with Crippen LogP contribution in [0.25, 0.3) is 0 Å². The Kier molecular flexibility index (Phi) is 6.02. The minimum absolute atomic E-state index is 0.0134. The van der Waals surface area contributed by atoms with Gasteiger partial charge in [0.1, 0.15) is 6.10 Å². The maximum atomic E-state index is 12.4. The summed E-state index contributed by atoms with van der Waals surface area (Å²) in [5.41, 5.74) is 0. The van der Waals surface area contributed by atoms with Crippen LogP contribution in [0.1, 0.15) is 19.8 Å². The Morgan fingerprint density at radius 2 is 1.95 bits per heavy atom. The SMILES string of the molecule is CCO[C@H]1COC[C@@H]1NC(=O)C1CCN(C(=O)N(C)C)CC1. The molecule has 0 radical (unpaired) electrons. The van der Waals surface area contributed by atoms with Crippen LogP contribution >= 0.6 is 0 Å². The highest BCUT2D eigenvalue weighted by atomic mass is 16.5. The fourth-order valence-electron chi connectivity index (χ4n) is 2.96. The molecule has 0 unspecified atom stereocenters. The second-order valence-corrected chi connectivity index (χ2v) is 6.08. The smallest absolute Gasteiger partial charge is 0.319 e. The van der Waals surface area contributed by atoms with E-state index in [4.69, 9.17) is 9.47 Å². The summed E-state index contributed by atoms with van der Waals surface area (Å²) in [5, 5.41) is 3.05. The average molecular weight is 313 g/mol. The quantitative estimate of drug-likeness (QED) is 0.810. The molecular weight excluding hydrogens is 286 g/mol. The van der Waals surface area contributed by atoms with Crippen molar-refractivity contribution >= 4 is 11.9 Å². The molecule has 22 heavy (non-hydrogen) atoms. The molecule has 3 amide bonds. The largest absolute Gasteiger partial charge is 0.376 e. The first-order valence-corrected chi connectivity index (χ1v) is 7.98. The van der Waals surface area contributed by atoms with E-state index < -0.39 is 0 Å². The molecule has 7 nitrogen and oxygen atoms in total. The molecule has 2 saturated heterocycles. The van der Waals surface area contributed by atoms with E-state index in [2.05, 4.69) is 5.32 Å². The minimum Gasteiger partial charge on any atom is -0.376 e. The van der Waals surface area contributed by atoms with E-state index in [1.807, 2.05) is 6.92 Å². The first kappa shape index (κ1) is 17.0. The van der Waals surface area contributed by atoms with Gasteiger partial charge in [-0.2, -0.15) is 0 Å². The molecule has 0 aromatic heterocycles. The molecule has 2 aliphatic rings. The molecule has 0 saturated carbocycles. The van der Waals surface area contributed by atoms with Crippen LogP contribution < -0.4 is 5.32 Å². The number of hydrogen-bond acceptors (Lipinski definition) is 4. The van der Waals surface area contributed by atoms with Gasteiger partial charge in [-0.25, -0.2) is 4.79 Å². The van der Waals surface area contributed by atoms with Crippen molar-refractivity contribution < 1.29 is 19.1 Å². The predicted octanol–water partition coefficient (Wildman–Crippen LogP) is 0.300. The van der Waals surface area contributed by atoms with E-state index in [-0.39, 0.29) is 30.0 Å². The zero-order valence-corrected chi connectivity index (χ0v) is 13.7. The van der Waals surface area contributed by atoms with Crippen molar-refractivity contribution in [2.75, 3.05) is 47.0 Å². The molecule has 2 aliphatic heterocycles. The zero-order valence-electron chi connectivity index (χ0n) is 13.7. The third-order valence-electron chi connectivity index (χ3n) is 4.26. The van der Waals surface area contributed by atoms with Gasteiger partial charge in [0, 0.05) is 39.7 Å². The molecular formula is C15H27N3O4.